The summed E-state index contributed by atoms with van der Waals surface area (Å²) in [6.07, 6.45) is 0. The number of hydrogen-bond acceptors (Lipinski definition) is 6. The first kappa shape index (κ1) is 22.3. The van der Waals surface area contributed by atoms with Crippen LogP contribution in [0.2, 0.25) is 0 Å². The minimum atomic E-state index is -0.263. The average molecular weight is 462 g/mol. The summed E-state index contributed by atoms with van der Waals surface area (Å²) < 4.78 is 12.0. The predicted molar refractivity (Wildman–Crippen MR) is 131 cm³/mol. The van der Waals surface area contributed by atoms with Crippen molar-refractivity contribution in [3.05, 3.63) is 77.9 Å². The van der Waals surface area contributed by atoms with Gasteiger partial charge in [-0.1, -0.05) is 29.5 Å². The zero-order valence-corrected chi connectivity index (χ0v) is 19.1. The first-order valence-corrected chi connectivity index (χ1v) is 11.4. The summed E-state index contributed by atoms with van der Waals surface area (Å²) >= 11 is 1.34. The minimum absolute atomic E-state index is 0.219. The Balaban J connectivity index is 1.49. The van der Waals surface area contributed by atoms with Gasteiger partial charge in [0.1, 0.15) is 0 Å². The monoisotopic (exact) mass is 461 g/mol. The molecule has 0 atom stereocenters. The van der Waals surface area contributed by atoms with Crippen LogP contribution in [0.1, 0.15) is 34.6 Å². The van der Waals surface area contributed by atoms with Crippen molar-refractivity contribution >= 4 is 44.2 Å². The lowest BCUT2D eigenvalue weighted by Crippen LogP contribution is -2.12. The topological polar surface area (TPSA) is 89.5 Å². The van der Waals surface area contributed by atoms with Gasteiger partial charge in [-0.05, 0) is 62.4 Å². The number of nitrogens with zero attached hydrogens (tertiary/aromatic N) is 1. The number of hydrogen-bond donors (Lipinski definition) is 2. The molecular weight excluding hydrogens is 438 g/mol. The zero-order valence-electron chi connectivity index (χ0n) is 18.3. The van der Waals surface area contributed by atoms with Gasteiger partial charge in [0.15, 0.2) is 16.6 Å². The van der Waals surface area contributed by atoms with Gasteiger partial charge < -0.3 is 14.8 Å². The fourth-order valence-corrected chi connectivity index (χ4v) is 4.11. The Kier molecular flexibility index (Phi) is 6.85. The quantitative estimate of drug-likeness (QED) is 0.357. The SMILES string of the molecule is CCOc1ccc(C(=O)Nc2ccc3nc(NC(=O)c4ccccc4)sc3c2)cc1OCC. The molecule has 7 nitrogen and oxygen atoms in total. The van der Waals surface area contributed by atoms with E-state index in [4.69, 9.17) is 9.47 Å². The van der Waals surface area contributed by atoms with Crippen LogP contribution in [0, 0.1) is 0 Å². The van der Waals surface area contributed by atoms with E-state index in [1.54, 1.807) is 36.4 Å². The van der Waals surface area contributed by atoms with Gasteiger partial charge in [0.2, 0.25) is 0 Å². The van der Waals surface area contributed by atoms with Crippen molar-refractivity contribution < 1.29 is 19.1 Å². The van der Waals surface area contributed by atoms with Gasteiger partial charge in [-0.2, -0.15) is 0 Å². The van der Waals surface area contributed by atoms with Crippen LogP contribution >= 0.6 is 11.3 Å². The molecule has 0 saturated carbocycles. The molecule has 2 N–H and O–H groups in total. The van der Waals surface area contributed by atoms with Crippen LogP contribution in [0.15, 0.2) is 66.7 Å². The summed E-state index contributed by atoms with van der Waals surface area (Å²) in [6, 6.07) is 19.5. The Morgan fingerprint density at radius 2 is 1.55 bits per heavy atom. The highest BCUT2D eigenvalue weighted by atomic mass is 32.1. The third kappa shape index (κ3) is 5.30. The van der Waals surface area contributed by atoms with Crippen LogP contribution in [-0.4, -0.2) is 30.0 Å². The molecule has 0 spiro atoms. The molecule has 0 bridgehead atoms. The molecule has 168 valence electrons. The standard InChI is InChI=1S/C25H23N3O4S/c1-3-31-20-13-10-17(14-21(20)32-4-2)24(30)26-18-11-12-19-22(15-18)33-25(27-19)28-23(29)16-8-6-5-7-9-16/h5-15H,3-4H2,1-2H3,(H,26,30)(H,27,28,29). The van der Waals surface area contributed by atoms with Gasteiger partial charge in [0, 0.05) is 16.8 Å². The minimum Gasteiger partial charge on any atom is -0.490 e. The number of aromatic nitrogens is 1. The fourth-order valence-electron chi connectivity index (χ4n) is 3.21. The number of carbonyl (C=O) groups is 2. The van der Waals surface area contributed by atoms with E-state index < -0.39 is 0 Å². The van der Waals surface area contributed by atoms with E-state index in [-0.39, 0.29) is 11.8 Å². The Morgan fingerprint density at radius 3 is 2.30 bits per heavy atom. The molecular formula is C25H23N3O4S. The molecule has 0 aliphatic heterocycles. The summed E-state index contributed by atoms with van der Waals surface area (Å²) in [6.45, 7) is 4.75. The first-order chi connectivity index (χ1) is 16.1. The van der Waals surface area contributed by atoms with Crippen molar-refractivity contribution in [3.63, 3.8) is 0 Å². The van der Waals surface area contributed by atoms with E-state index in [2.05, 4.69) is 15.6 Å². The van der Waals surface area contributed by atoms with Crippen molar-refractivity contribution in [1.82, 2.24) is 4.98 Å². The van der Waals surface area contributed by atoms with Gasteiger partial charge >= 0.3 is 0 Å². The number of rotatable bonds is 8. The average Bonchev–Trinajstić information content (AvgIpc) is 3.22. The highest BCUT2D eigenvalue weighted by Crippen LogP contribution is 2.31. The summed E-state index contributed by atoms with van der Waals surface area (Å²) in [7, 11) is 0. The Bertz CT molecular complexity index is 1290. The molecule has 0 radical (unpaired) electrons. The summed E-state index contributed by atoms with van der Waals surface area (Å²) in [5, 5.41) is 6.22. The van der Waals surface area contributed by atoms with Gasteiger partial charge in [0.05, 0.1) is 23.4 Å². The smallest absolute Gasteiger partial charge is 0.257 e. The Morgan fingerprint density at radius 1 is 0.818 bits per heavy atom. The molecule has 4 aromatic rings. The highest BCUT2D eigenvalue weighted by Gasteiger charge is 2.14. The largest absolute Gasteiger partial charge is 0.490 e. The number of anilines is 2. The summed E-state index contributed by atoms with van der Waals surface area (Å²) in [5.74, 6) is 0.653. The number of nitrogens with one attached hydrogen (secondary N) is 2. The van der Waals surface area contributed by atoms with E-state index >= 15 is 0 Å². The van der Waals surface area contributed by atoms with Gasteiger partial charge in [-0.3, -0.25) is 14.9 Å². The third-order valence-corrected chi connectivity index (χ3v) is 5.64. The van der Waals surface area contributed by atoms with Gasteiger partial charge in [0.25, 0.3) is 11.8 Å². The first-order valence-electron chi connectivity index (χ1n) is 10.6. The lowest BCUT2D eigenvalue weighted by atomic mass is 10.1. The second kappa shape index (κ2) is 10.1. The molecule has 4 rings (SSSR count). The molecule has 0 aliphatic rings. The van der Waals surface area contributed by atoms with Gasteiger partial charge in [-0.15, -0.1) is 0 Å². The zero-order chi connectivity index (χ0) is 23.2. The molecule has 8 heteroatoms. The molecule has 1 aromatic heterocycles. The van der Waals surface area contributed by atoms with Crippen LogP contribution in [-0.2, 0) is 0 Å². The van der Waals surface area contributed by atoms with E-state index in [9.17, 15) is 9.59 Å². The van der Waals surface area contributed by atoms with E-state index in [1.165, 1.54) is 11.3 Å². The van der Waals surface area contributed by atoms with Gasteiger partial charge in [-0.25, -0.2) is 4.98 Å². The maximum atomic E-state index is 12.8. The number of benzene rings is 3. The van der Waals surface area contributed by atoms with Crippen LogP contribution < -0.4 is 20.1 Å². The van der Waals surface area contributed by atoms with Crippen LogP contribution in [0.25, 0.3) is 10.2 Å². The third-order valence-electron chi connectivity index (χ3n) is 4.71. The second-order valence-electron chi connectivity index (χ2n) is 7.00. The Hall–Kier alpha value is -3.91. The van der Waals surface area contributed by atoms with Crippen molar-refractivity contribution in [1.29, 1.82) is 0 Å². The fraction of sp³-hybridized carbons (Fsp3) is 0.160. The van der Waals surface area contributed by atoms with Crippen LogP contribution in [0.5, 0.6) is 11.5 Å². The summed E-state index contributed by atoms with van der Waals surface area (Å²) in [4.78, 5) is 29.6. The number of fused-ring (bicyclic) bond motifs is 1. The van der Waals surface area contributed by atoms with E-state index in [0.29, 0.717) is 46.7 Å². The van der Waals surface area contributed by atoms with Crippen molar-refractivity contribution in [2.24, 2.45) is 0 Å². The van der Waals surface area contributed by atoms with E-state index in [1.807, 2.05) is 44.2 Å². The van der Waals surface area contributed by atoms with Crippen molar-refractivity contribution in [3.8, 4) is 11.5 Å². The van der Waals surface area contributed by atoms with Crippen molar-refractivity contribution in [2.45, 2.75) is 13.8 Å². The maximum absolute atomic E-state index is 12.8. The normalized spacial score (nSPS) is 10.6. The number of carbonyl (C=O) groups excluding carboxylic acids is 2. The molecule has 0 saturated heterocycles. The molecule has 0 fully saturated rings. The molecule has 1 heterocycles. The van der Waals surface area contributed by atoms with E-state index in [0.717, 1.165) is 10.2 Å². The number of amides is 2. The maximum Gasteiger partial charge on any atom is 0.257 e. The molecule has 0 aliphatic carbocycles. The highest BCUT2D eigenvalue weighted by molar-refractivity contribution is 7.22. The molecule has 0 unspecified atom stereocenters. The number of thiazole rings is 1. The molecule has 3 aromatic carbocycles. The molecule has 2 amide bonds. The molecule has 33 heavy (non-hydrogen) atoms. The lowest BCUT2D eigenvalue weighted by Gasteiger charge is -2.12. The second-order valence-corrected chi connectivity index (χ2v) is 8.03. The van der Waals surface area contributed by atoms with Crippen LogP contribution in [0.4, 0.5) is 10.8 Å². The lowest BCUT2D eigenvalue weighted by molar-refractivity contribution is 0.101. The number of ether oxygens (including phenoxy) is 2. The van der Waals surface area contributed by atoms with Crippen LogP contribution in [0.3, 0.4) is 0 Å². The van der Waals surface area contributed by atoms with Crippen molar-refractivity contribution in [2.75, 3.05) is 23.8 Å². The summed E-state index contributed by atoms with van der Waals surface area (Å²) in [5.41, 5.74) is 2.39. The Labute approximate surface area is 195 Å². The predicted octanol–water partition coefficient (Wildman–Crippen LogP) is 5.60.